The van der Waals surface area contributed by atoms with Crippen molar-refractivity contribution in [1.29, 1.82) is 0 Å². The van der Waals surface area contributed by atoms with E-state index in [2.05, 4.69) is 8.26 Å². The van der Waals surface area contributed by atoms with Gasteiger partial charge in [0, 0.05) is 0 Å². The van der Waals surface area contributed by atoms with Gasteiger partial charge in [0.1, 0.15) is 0 Å². The highest BCUT2D eigenvalue weighted by atomic mass is 127. The first-order valence-electron chi connectivity index (χ1n) is 1.30. The minimum atomic E-state index is -0.469. The van der Waals surface area contributed by atoms with E-state index >= 15 is 0 Å². The molecule has 0 rings (SSSR count). The minimum absolute atomic E-state index is 0.469. The summed E-state index contributed by atoms with van der Waals surface area (Å²) in [5.41, 5.74) is 0. The number of hydrogen-bond acceptors (Lipinski definition) is 3. The summed E-state index contributed by atoms with van der Waals surface area (Å²) in [5.74, 6) is 0. The molecule has 0 saturated carbocycles. The van der Waals surface area contributed by atoms with Crippen LogP contribution in [-0.4, -0.2) is 9.27 Å². The maximum atomic E-state index is 7.48. The van der Waals surface area contributed by atoms with Gasteiger partial charge in [0.25, 0.3) is 0 Å². The molecule has 3 nitrogen and oxygen atoms in total. The van der Waals surface area contributed by atoms with E-state index in [4.69, 9.17) is 5.26 Å². The van der Waals surface area contributed by atoms with Gasteiger partial charge in [-0.05, 0) is 10.9 Å². The molecule has 0 aromatic heterocycles. The van der Waals surface area contributed by atoms with Gasteiger partial charge in [0.05, 0.1) is 21.1 Å². The molecule has 38 valence electrons. The van der Waals surface area contributed by atoms with Crippen LogP contribution in [0.25, 0.3) is 0 Å². The van der Waals surface area contributed by atoms with Gasteiger partial charge >= 0.3 is 0 Å². The Balaban J connectivity index is 2.66. The summed E-state index contributed by atoms with van der Waals surface area (Å²) >= 11 is -0.469. The summed E-state index contributed by atoms with van der Waals surface area (Å²) in [6, 6.07) is 0. The first-order chi connectivity index (χ1) is 2.91. The number of hydrogen-bond donors (Lipinski definition) is 1. The van der Waals surface area contributed by atoms with Gasteiger partial charge in [-0.3, -0.25) is 0 Å². The highest BCUT2D eigenvalue weighted by Crippen LogP contribution is 1.93. The molecule has 0 amide bonds. The van der Waals surface area contributed by atoms with Crippen LogP contribution in [0.5, 0.6) is 0 Å². The van der Waals surface area contributed by atoms with Crippen LogP contribution in [0.2, 0.25) is 0 Å². The van der Waals surface area contributed by atoms with Crippen molar-refractivity contribution < 1.29 is 13.5 Å². The molecular formula is C2H5IO3. The molecule has 0 bridgehead atoms. The van der Waals surface area contributed by atoms with Crippen LogP contribution < -0.4 is 0 Å². The molecule has 0 aliphatic heterocycles. The van der Waals surface area contributed by atoms with Crippen molar-refractivity contribution in [2.45, 2.75) is 6.92 Å². The molecule has 0 atom stereocenters. The third-order valence-electron chi connectivity index (χ3n) is 0.154. The molecule has 0 aromatic rings. The van der Waals surface area contributed by atoms with Gasteiger partial charge < -0.3 is 0 Å². The first kappa shape index (κ1) is 6.48. The van der Waals surface area contributed by atoms with E-state index < -0.39 is 21.1 Å². The second-order valence-electron chi connectivity index (χ2n) is 0.445. The number of rotatable bonds is 2. The molecule has 0 heterocycles. The van der Waals surface area contributed by atoms with Crippen molar-refractivity contribution in [3.63, 3.8) is 0 Å². The quantitative estimate of drug-likeness (QED) is 0.416. The van der Waals surface area contributed by atoms with E-state index in [1.54, 1.807) is 0 Å². The standard InChI is InChI=1S/C2H5IO3/c1-2-3-5-6-4/h2,4H,1H3. The zero-order chi connectivity index (χ0) is 4.83. The fourth-order valence-electron chi connectivity index (χ4n) is 0.0526. The van der Waals surface area contributed by atoms with E-state index in [1.807, 2.05) is 10.9 Å². The van der Waals surface area contributed by atoms with E-state index in [0.29, 0.717) is 0 Å². The summed E-state index contributed by atoms with van der Waals surface area (Å²) in [6.07, 6.45) is 0. The normalized spacial score (nSPS) is 11.7. The predicted molar refractivity (Wildman–Crippen MR) is 30.6 cm³/mol. The van der Waals surface area contributed by atoms with Crippen LogP contribution >= 0.6 is 21.1 Å². The van der Waals surface area contributed by atoms with Crippen molar-refractivity contribution in [2.75, 3.05) is 0 Å². The maximum Gasteiger partial charge on any atom is 0.0853 e. The highest BCUT2D eigenvalue weighted by molar-refractivity contribution is 14.2. The van der Waals surface area contributed by atoms with Crippen molar-refractivity contribution in [2.24, 2.45) is 0 Å². The lowest BCUT2D eigenvalue weighted by Crippen LogP contribution is -1.68. The lowest BCUT2D eigenvalue weighted by molar-refractivity contribution is -0.417. The molecule has 0 unspecified atom stereocenters. The Morgan fingerprint density at radius 1 is 1.83 bits per heavy atom. The van der Waals surface area contributed by atoms with Crippen LogP contribution in [0.4, 0.5) is 0 Å². The Morgan fingerprint density at radius 3 is 2.67 bits per heavy atom. The fraction of sp³-hybridized carbons (Fsp3) is 0.500. The molecular weight excluding hydrogens is 199 g/mol. The second kappa shape index (κ2) is 5.48. The van der Waals surface area contributed by atoms with Gasteiger partial charge in [0.15, 0.2) is 0 Å². The van der Waals surface area contributed by atoms with Crippen molar-refractivity contribution in [1.82, 2.24) is 0 Å². The average molecular weight is 204 g/mol. The monoisotopic (exact) mass is 204 g/mol. The van der Waals surface area contributed by atoms with Gasteiger partial charge in [-0.15, -0.1) is 3.22 Å². The SMILES string of the molecule is C/C=I/OOO. The number of halogens is 1. The summed E-state index contributed by atoms with van der Waals surface area (Å²) in [5, 5.41) is 10.8. The van der Waals surface area contributed by atoms with Crippen molar-refractivity contribution in [3.8, 4) is 0 Å². The smallest absolute Gasteiger partial charge is 0.0853 e. The van der Waals surface area contributed by atoms with Crippen LogP contribution in [0, 0.1) is 0 Å². The zero-order valence-electron chi connectivity index (χ0n) is 3.22. The van der Waals surface area contributed by atoms with Crippen LogP contribution in [-0.2, 0) is 8.26 Å². The second-order valence-corrected chi connectivity index (χ2v) is 2.56. The molecule has 1 N–H and O–H groups in total. The lowest BCUT2D eigenvalue weighted by atomic mass is 11.0. The van der Waals surface area contributed by atoms with Gasteiger partial charge in [-0.25, -0.2) is 5.26 Å². The Morgan fingerprint density at radius 2 is 2.50 bits per heavy atom. The van der Waals surface area contributed by atoms with Crippen LogP contribution in [0.3, 0.4) is 0 Å². The highest BCUT2D eigenvalue weighted by Gasteiger charge is 1.64. The Hall–Kier alpha value is 0.480. The van der Waals surface area contributed by atoms with Gasteiger partial charge in [0.2, 0.25) is 0 Å². The van der Waals surface area contributed by atoms with Gasteiger partial charge in [-0.2, -0.15) is 0 Å². The first-order valence-corrected chi connectivity index (χ1v) is 3.43. The third-order valence-corrected chi connectivity index (χ3v) is 1.03. The largest absolute Gasteiger partial charge is 0.220 e. The van der Waals surface area contributed by atoms with Crippen molar-refractivity contribution >= 4 is 25.2 Å². The predicted octanol–water partition coefficient (Wildman–Crippen LogP) is 1.12. The fourth-order valence-corrected chi connectivity index (χ4v) is 0.353. The molecule has 0 aromatic carbocycles. The Bertz CT molecular complexity index is 44.1. The summed E-state index contributed by atoms with van der Waals surface area (Å²) in [6.45, 7) is 1.84. The topological polar surface area (TPSA) is 38.7 Å². The molecule has 0 radical (unpaired) electrons. The van der Waals surface area contributed by atoms with E-state index in [0.717, 1.165) is 0 Å². The van der Waals surface area contributed by atoms with E-state index in [9.17, 15) is 0 Å². The molecule has 0 spiro atoms. The minimum Gasteiger partial charge on any atom is -0.220 e. The lowest BCUT2D eigenvalue weighted by Gasteiger charge is -1.77. The van der Waals surface area contributed by atoms with E-state index in [1.165, 1.54) is 0 Å². The average Bonchev–Trinajstić information content (AvgIpc) is 1.61. The molecule has 4 heteroatoms. The maximum absolute atomic E-state index is 7.48. The molecule has 0 saturated heterocycles. The molecule has 0 aliphatic rings. The molecule has 0 aliphatic carbocycles. The molecule has 6 heavy (non-hydrogen) atoms. The van der Waals surface area contributed by atoms with Crippen LogP contribution in [0.1, 0.15) is 6.92 Å². The van der Waals surface area contributed by atoms with Gasteiger partial charge in [-0.1, -0.05) is 5.04 Å². The molecule has 0 fully saturated rings. The third kappa shape index (κ3) is 4.48. The Kier molecular flexibility index (Phi) is 5.92. The van der Waals surface area contributed by atoms with Crippen molar-refractivity contribution in [3.05, 3.63) is 0 Å². The van der Waals surface area contributed by atoms with E-state index in [-0.39, 0.29) is 0 Å². The summed E-state index contributed by atoms with van der Waals surface area (Å²) in [7, 11) is 0. The van der Waals surface area contributed by atoms with Crippen LogP contribution in [0.15, 0.2) is 0 Å². The summed E-state index contributed by atoms with van der Waals surface area (Å²) < 4.78 is 5.91. The summed E-state index contributed by atoms with van der Waals surface area (Å²) in [4.78, 5) is 0. The Labute approximate surface area is 46.0 Å². The zero-order valence-corrected chi connectivity index (χ0v) is 5.38.